The summed E-state index contributed by atoms with van der Waals surface area (Å²) in [7, 11) is 1.28. The number of benzene rings is 1. The lowest BCUT2D eigenvalue weighted by Crippen LogP contribution is -2.18. The van der Waals surface area contributed by atoms with Crippen molar-refractivity contribution in [3.05, 3.63) is 29.8 Å². The minimum Gasteiger partial charge on any atom is -0.452 e. The summed E-state index contributed by atoms with van der Waals surface area (Å²) >= 11 is 0. The summed E-state index contributed by atoms with van der Waals surface area (Å²) in [6.45, 7) is 1.77. The second-order valence-corrected chi connectivity index (χ2v) is 4.64. The number of nitrogens with zero attached hydrogens (tertiary/aromatic N) is 1. The van der Waals surface area contributed by atoms with Crippen LogP contribution in [0.4, 0.5) is 10.5 Å². The highest BCUT2D eigenvalue weighted by molar-refractivity contribution is 6.00. The number of methoxy groups -OCH3 is 1. The zero-order valence-electron chi connectivity index (χ0n) is 11.5. The first-order valence-corrected chi connectivity index (χ1v) is 6.39. The van der Waals surface area contributed by atoms with Gasteiger partial charge in [0.1, 0.15) is 0 Å². The van der Waals surface area contributed by atoms with E-state index in [9.17, 15) is 9.59 Å². The molecule has 1 aromatic rings. The van der Waals surface area contributed by atoms with E-state index in [4.69, 9.17) is 0 Å². The highest BCUT2D eigenvalue weighted by Crippen LogP contribution is 2.30. The molecule has 1 fully saturated rings. The number of ether oxygens (including phenoxy) is 1. The average molecular weight is 275 g/mol. The van der Waals surface area contributed by atoms with Gasteiger partial charge in [0, 0.05) is 11.6 Å². The normalized spacial score (nSPS) is 14.6. The number of hydrazone groups is 1. The summed E-state index contributed by atoms with van der Waals surface area (Å²) in [6.07, 6.45) is 1.35. The van der Waals surface area contributed by atoms with E-state index in [-0.39, 0.29) is 11.8 Å². The van der Waals surface area contributed by atoms with Crippen molar-refractivity contribution in [3.63, 3.8) is 0 Å². The van der Waals surface area contributed by atoms with Gasteiger partial charge in [0.2, 0.25) is 5.91 Å². The minimum atomic E-state index is -0.613. The molecular weight excluding hydrogens is 258 g/mol. The first-order chi connectivity index (χ1) is 9.60. The van der Waals surface area contributed by atoms with Crippen molar-refractivity contribution in [2.75, 3.05) is 12.4 Å². The van der Waals surface area contributed by atoms with Gasteiger partial charge in [0.15, 0.2) is 0 Å². The predicted molar refractivity (Wildman–Crippen MR) is 75.5 cm³/mol. The molecular formula is C14H17N3O3. The fraction of sp³-hybridized carbons (Fsp3) is 0.357. The molecule has 20 heavy (non-hydrogen) atoms. The van der Waals surface area contributed by atoms with Crippen molar-refractivity contribution in [1.29, 1.82) is 0 Å². The topological polar surface area (TPSA) is 79.8 Å². The number of carbonyl (C=O) groups is 2. The molecule has 0 saturated heterocycles. The van der Waals surface area contributed by atoms with Crippen LogP contribution in [0.15, 0.2) is 29.4 Å². The maximum absolute atomic E-state index is 11.6. The maximum atomic E-state index is 11.6. The molecule has 1 aromatic carbocycles. The van der Waals surface area contributed by atoms with Crippen LogP contribution in [0.5, 0.6) is 0 Å². The molecule has 6 nitrogen and oxygen atoms in total. The molecule has 2 rings (SSSR count). The van der Waals surface area contributed by atoms with Gasteiger partial charge in [-0.1, -0.05) is 12.1 Å². The van der Waals surface area contributed by atoms with Gasteiger partial charge in [-0.15, -0.1) is 0 Å². The first kappa shape index (κ1) is 14.0. The molecule has 6 heteroatoms. The minimum absolute atomic E-state index is 0.0792. The van der Waals surface area contributed by atoms with E-state index in [1.54, 1.807) is 6.92 Å². The highest BCUT2D eigenvalue weighted by Gasteiger charge is 2.29. The number of hydrogen-bond acceptors (Lipinski definition) is 4. The van der Waals surface area contributed by atoms with Crippen molar-refractivity contribution >= 4 is 23.4 Å². The quantitative estimate of drug-likeness (QED) is 0.652. The van der Waals surface area contributed by atoms with E-state index in [2.05, 4.69) is 20.6 Å². The molecule has 0 aromatic heterocycles. The van der Waals surface area contributed by atoms with Gasteiger partial charge in [-0.3, -0.25) is 4.79 Å². The molecule has 106 valence electrons. The van der Waals surface area contributed by atoms with Crippen LogP contribution in [-0.4, -0.2) is 24.8 Å². The Labute approximate surface area is 117 Å². The van der Waals surface area contributed by atoms with Gasteiger partial charge in [-0.25, -0.2) is 10.2 Å². The molecule has 2 N–H and O–H groups in total. The summed E-state index contributed by atoms with van der Waals surface area (Å²) in [5, 5.41) is 6.76. The Morgan fingerprint density at radius 3 is 2.45 bits per heavy atom. The molecule has 0 aliphatic heterocycles. The Morgan fingerprint density at radius 2 is 1.90 bits per heavy atom. The molecule has 0 heterocycles. The molecule has 0 atom stereocenters. The molecule has 0 radical (unpaired) electrons. The molecule has 0 unspecified atom stereocenters. The lowest BCUT2D eigenvalue weighted by Gasteiger charge is -2.06. The zero-order chi connectivity index (χ0) is 14.5. The fourth-order valence-corrected chi connectivity index (χ4v) is 1.62. The average Bonchev–Trinajstić information content (AvgIpc) is 3.29. The third kappa shape index (κ3) is 3.81. The molecule has 1 saturated carbocycles. The SMILES string of the molecule is COC(=O)N/N=C(/C)c1ccc(NC(=O)C2CC2)cc1. The van der Waals surface area contributed by atoms with Crippen molar-refractivity contribution < 1.29 is 14.3 Å². The van der Waals surface area contributed by atoms with E-state index in [1.165, 1.54) is 7.11 Å². The Balaban J connectivity index is 1.96. The lowest BCUT2D eigenvalue weighted by molar-refractivity contribution is -0.117. The van der Waals surface area contributed by atoms with Crippen molar-refractivity contribution in [2.24, 2.45) is 11.0 Å². The number of nitrogens with one attached hydrogen (secondary N) is 2. The summed E-state index contributed by atoms with van der Waals surface area (Å²) in [4.78, 5) is 22.5. The van der Waals surface area contributed by atoms with Crippen LogP contribution in [0.25, 0.3) is 0 Å². The number of anilines is 1. The van der Waals surface area contributed by atoms with Crippen LogP contribution in [-0.2, 0) is 9.53 Å². The molecule has 2 amide bonds. The second kappa shape index (κ2) is 6.18. The number of rotatable bonds is 4. The Hall–Kier alpha value is -2.37. The fourth-order valence-electron chi connectivity index (χ4n) is 1.62. The maximum Gasteiger partial charge on any atom is 0.427 e. The summed E-state index contributed by atoms with van der Waals surface area (Å²) in [5.74, 6) is 0.262. The van der Waals surface area contributed by atoms with Gasteiger partial charge in [-0.05, 0) is 37.5 Å². The third-order valence-corrected chi connectivity index (χ3v) is 3.02. The van der Waals surface area contributed by atoms with Crippen molar-refractivity contribution in [3.8, 4) is 0 Å². The Morgan fingerprint density at radius 1 is 1.25 bits per heavy atom. The monoisotopic (exact) mass is 275 g/mol. The molecule has 0 spiro atoms. The van der Waals surface area contributed by atoms with Gasteiger partial charge in [0.25, 0.3) is 0 Å². The lowest BCUT2D eigenvalue weighted by atomic mass is 10.1. The van der Waals surface area contributed by atoms with Crippen LogP contribution in [0.1, 0.15) is 25.3 Å². The van der Waals surface area contributed by atoms with Crippen LogP contribution >= 0.6 is 0 Å². The van der Waals surface area contributed by atoms with Gasteiger partial charge < -0.3 is 10.1 Å². The van der Waals surface area contributed by atoms with Crippen LogP contribution in [0, 0.1) is 5.92 Å². The van der Waals surface area contributed by atoms with Crippen LogP contribution in [0.2, 0.25) is 0 Å². The largest absolute Gasteiger partial charge is 0.452 e. The number of carbonyl (C=O) groups excluding carboxylic acids is 2. The van der Waals surface area contributed by atoms with E-state index >= 15 is 0 Å². The van der Waals surface area contributed by atoms with Crippen LogP contribution in [0.3, 0.4) is 0 Å². The Kier molecular flexibility index (Phi) is 4.34. The summed E-state index contributed by atoms with van der Waals surface area (Å²) in [6, 6.07) is 7.29. The van der Waals surface area contributed by atoms with Gasteiger partial charge in [0.05, 0.1) is 12.8 Å². The van der Waals surface area contributed by atoms with Gasteiger partial charge >= 0.3 is 6.09 Å². The molecule has 1 aliphatic carbocycles. The highest BCUT2D eigenvalue weighted by atomic mass is 16.5. The van der Waals surface area contributed by atoms with E-state index in [0.717, 1.165) is 24.1 Å². The number of hydrogen-bond donors (Lipinski definition) is 2. The zero-order valence-corrected chi connectivity index (χ0v) is 11.5. The smallest absolute Gasteiger partial charge is 0.427 e. The van der Waals surface area contributed by atoms with Crippen LogP contribution < -0.4 is 10.7 Å². The molecule has 0 bridgehead atoms. The molecule has 1 aliphatic rings. The summed E-state index contributed by atoms with van der Waals surface area (Å²) < 4.78 is 4.42. The Bertz CT molecular complexity index is 533. The first-order valence-electron chi connectivity index (χ1n) is 6.39. The van der Waals surface area contributed by atoms with Crippen molar-refractivity contribution in [1.82, 2.24) is 5.43 Å². The van der Waals surface area contributed by atoms with Gasteiger partial charge in [-0.2, -0.15) is 5.10 Å². The predicted octanol–water partition coefficient (Wildman–Crippen LogP) is 2.12. The van der Waals surface area contributed by atoms with E-state index < -0.39 is 6.09 Å². The van der Waals surface area contributed by atoms with E-state index in [1.807, 2.05) is 24.3 Å². The summed E-state index contributed by atoms with van der Waals surface area (Å²) in [5.41, 5.74) is 4.52. The third-order valence-electron chi connectivity index (χ3n) is 3.02. The van der Waals surface area contributed by atoms with Crippen molar-refractivity contribution in [2.45, 2.75) is 19.8 Å². The second-order valence-electron chi connectivity index (χ2n) is 4.64. The van der Waals surface area contributed by atoms with E-state index in [0.29, 0.717) is 5.71 Å². The standard InChI is InChI=1S/C14H17N3O3/c1-9(16-17-14(19)20-2)10-5-7-12(8-6-10)15-13(18)11-3-4-11/h5-8,11H,3-4H2,1-2H3,(H,15,18)(H,17,19)/b16-9-. The number of amides is 2.